The maximum absolute atomic E-state index is 13.5. The number of hydrogen-bond donors (Lipinski definition) is 2. The molecule has 0 bridgehead atoms. The summed E-state index contributed by atoms with van der Waals surface area (Å²) in [5, 5.41) is 7.69. The quantitative estimate of drug-likeness (QED) is 0.224. The second-order valence-electron chi connectivity index (χ2n) is 10.2. The van der Waals surface area contributed by atoms with Crippen LogP contribution in [0, 0.1) is 0 Å². The van der Waals surface area contributed by atoms with Gasteiger partial charge in [0, 0.05) is 18.8 Å². The lowest BCUT2D eigenvalue weighted by Gasteiger charge is -2.43. The van der Waals surface area contributed by atoms with E-state index in [4.69, 9.17) is 16.0 Å². The standard InChI is InChI=1S/C31H32ClN3O3Si/c1-31(2,3)39(23-14-7-5-8-15-23,24-16-9-6-10-17-24)38-21-22-13-11-12-18-25(22)30(37)35-27-19-28(32)34-20-26(27)29(36)33-4/h5-20H,21H2,1-4H3,(H,33,36)(H,34,35,37). The van der Waals surface area contributed by atoms with Crippen LogP contribution in [0.3, 0.4) is 0 Å². The summed E-state index contributed by atoms with van der Waals surface area (Å²) < 4.78 is 7.06. The number of carbonyl (C=O) groups is 2. The van der Waals surface area contributed by atoms with Crippen LogP contribution in [-0.2, 0) is 11.0 Å². The molecular weight excluding hydrogens is 526 g/mol. The number of anilines is 1. The minimum atomic E-state index is -2.81. The van der Waals surface area contributed by atoms with Gasteiger partial charge in [0.25, 0.3) is 20.1 Å². The van der Waals surface area contributed by atoms with Gasteiger partial charge < -0.3 is 15.1 Å². The van der Waals surface area contributed by atoms with Gasteiger partial charge >= 0.3 is 0 Å². The number of hydrogen-bond acceptors (Lipinski definition) is 4. The molecule has 6 nitrogen and oxygen atoms in total. The Hall–Kier alpha value is -3.78. The molecule has 0 aliphatic carbocycles. The number of amides is 2. The van der Waals surface area contributed by atoms with Crippen molar-refractivity contribution in [2.24, 2.45) is 0 Å². The molecule has 0 aliphatic rings. The van der Waals surface area contributed by atoms with Crippen molar-refractivity contribution in [2.45, 2.75) is 32.4 Å². The molecule has 0 aliphatic heterocycles. The Morgan fingerprint density at radius 3 is 1.97 bits per heavy atom. The first-order valence-corrected chi connectivity index (χ1v) is 15.0. The summed E-state index contributed by atoms with van der Waals surface area (Å²) in [7, 11) is -1.30. The Balaban J connectivity index is 1.72. The lowest BCUT2D eigenvalue weighted by Crippen LogP contribution is -2.66. The molecule has 0 unspecified atom stereocenters. The molecule has 4 aromatic rings. The van der Waals surface area contributed by atoms with Gasteiger partial charge in [-0.2, -0.15) is 0 Å². The highest BCUT2D eigenvalue weighted by molar-refractivity contribution is 6.99. The van der Waals surface area contributed by atoms with Gasteiger partial charge in [0.1, 0.15) is 5.15 Å². The molecule has 1 heterocycles. The summed E-state index contributed by atoms with van der Waals surface area (Å²) >= 11 is 6.07. The van der Waals surface area contributed by atoms with Crippen LogP contribution in [-0.4, -0.2) is 32.2 Å². The average Bonchev–Trinajstić information content (AvgIpc) is 2.93. The van der Waals surface area contributed by atoms with E-state index in [1.807, 2.05) is 48.5 Å². The Bertz CT molecular complexity index is 1420. The fourth-order valence-electron chi connectivity index (χ4n) is 4.85. The Kier molecular flexibility index (Phi) is 8.65. The molecule has 200 valence electrons. The van der Waals surface area contributed by atoms with Crippen LogP contribution in [0.4, 0.5) is 5.69 Å². The van der Waals surface area contributed by atoms with E-state index in [-0.39, 0.29) is 39.9 Å². The van der Waals surface area contributed by atoms with Crippen molar-refractivity contribution in [2.75, 3.05) is 12.4 Å². The predicted octanol–water partition coefficient (Wildman–Crippen LogP) is 5.42. The fourth-order valence-corrected chi connectivity index (χ4v) is 9.54. The summed E-state index contributed by atoms with van der Waals surface area (Å²) in [6.45, 7) is 6.87. The number of pyridine rings is 1. The zero-order chi connectivity index (χ0) is 28.0. The van der Waals surface area contributed by atoms with Gasteiger partial charge in [0.15, 0.2) is 0 Å². The minimum absolute atomic E-state index is 0.168. The topological polar surface area (TPSA) is 80.3 Å². The number of carbonyl (C=O) groups excluding carboxylic acids is 2. The van der Waals surface area contributed by atoms with Gasteiger partial charge in [0.05, 0.1) is 17.9 Å². The molecule has 2 amide bonds. The number of rotatable bonds is 8. The molecule has 0 saturated carbocycles. The fraction of sp³-hybridized carbons (Fsp3) is 0.194. The van der Waals surface area contributed by atoms with Crippen molar-refractivity contribution >= 4 is 47.8 Å². The van der Waals surface area contributed by atoms with E-state index >= 15 is 0 Å². The van der Waals surface area contributed by atoms with E-state index in [9.17, 15) is 9.59 Å². The Labute approximate surface area is 235 Å². The van der Waals surface area contributed by atoms with E-state index in [0.29, 0.717) is 5.56 Å². The molecule has 0 spiro atoms. The average molecular weight is 558 g/mol. The second-order valence-corrected chi connectivity index (χ2v) is 14.9. The highest BCUT2D eigenvalue weighted by Gasteiger charge is 2.50. The molecule has 4 rings (SSSR count). The maximum Gasteiger partial charge on any atom is 0.261 e. The van der Waals surface area contributed by atoms with Gasteiger partial charge in [-0.1, -0.05) is 111 Å². The molecule has 0 saturated heterocycles. The first-order chi connectivity index (χ1) is 18.7. The van der Waals surface area contributed by atoms with E-state index in [1.165, 1.54) is 19.3 Å². The van der Waals surface area contributed by atoms with E-state index < -0.39 is 8.32 Å². The van der Waals surface area contributed by atoms with Crippen LogP contribution < -0.4 is 21.0 Å². The van der Waals surface area contributed by atoms with Crippen molar-refractivity contribution in [1.82, 2.24) is 10.3 Å². The van der Waals surface area contributed by atoms with Crippen LogP contribution >= 0.6 is 11.6 Å². The van der Waals surface area contributed by atoms with Gasteiger partial charge in [-0.3, -0.25) is 9.59 Å². The summed E-state index contributed by atoms with van der Waals surface area (Å²) in [5.41, 5.74) is 1.69. The summed E-state index contributed by atoms with van der Waals surface area (Å²) in [4.78, 5) is 29.8. The number of nitrogens with one attached hydrogen (secondary N) is 2. The van der Waals surface area contributed by atoms with Crippen molar-refractivity contribution in [3.63, 3.8) is 0 Å². The van der Waals surface area contributed by atoms with Crippen molar-refractivity contribution < 1.29 is 14.0 Å². The predicted molar refractivity (Wildman–Crippen MR) is 159 cm³/mol. The minimum Gasteiger partial charge on any atom is -0.403 e. The Morgan fingerprint density at radius 2 is 1.41 bits per heavy atom. The largest absolute Gasteiger partial charge is 0.403 e. The lowest BCUT2D eigenvalue weighted by atomic mass is 10.1. The summed E-state index contributed by atoms with van der Waals surface area (Å²) in [6.07, 6.45) is 1.34. The number of halogens is 1. The number of nitrogens with zero attached hydrogens (tertiary/aromatic N) is 1. The second kappa shape index (κ2) is 11.9. The van der Waals surface area contributed by atoms with E-state index in [0.717, 1.165) is 15.9 Å². The molecule has 2 N–H and O–H groups in total. The van der Waals surface area contributed by atoms with Gasteiger partial charge in [-0.15, -0.1) is 0 Å². The molecule has 3 aromatic carbocycles. The first-order valence-electron chi connectivity index (χ1n) is 12.7. The monoisotopic (exact) mass is 557 g/mol. The van der Waals surface area contributed by atoms with Gasteiger partial charge in [0.2, 0.25) is 0 Å². The molecule has 0 radical (unpaired) electrons. The lowest BCUT2D eigenvalue weighted by molar-refractivity contribution is 0.0963. The smallest absolute Gasteiger partial charge is 0.261 e. The summed E-state index contributed by atoms with van der Waals surface area (Å²) in [5.74, 6) is -0.748. The highest BCUT2D eigenvalue weighted by Crippen LogP contribution is 2.37. The van der Waals surface area contributed by atoms with Crippen LogP contribution in [0.15, 0.2) is 97.2 Å². The van der Waals surface area contributed by atoms with Gasteiger partial charge in [-0.05, 0) is 33.1 Å². The third-order valence-corrected chi connectivity index (χ3v) is 11.9. The molecule has 0 fully saturated rings. The SMILES string of the molecule is CNC(=O)c1cnc(Cl)cc1NC(=O)c1ccccc1CO[Si](c1ccccc1)(c1ccccc1)C(C)(C)C. The number of benzene rings is 3. The maximum atomic E-state index is 13.5. The molecular formula is C31H32ClN3O3Si. The Morgan fingerprint density at radius 1 is 0.846 bits per heavy atom. The molecule has 0 atom stereocenters. The molecule has 39 heavy (non-hydrogen) atoms. The normalized spacial score (nSPS) is 11.6. The van der Waals surface area contributed by atoms with Crippen LogP contribution in [0.5, 0.6) is 0 Å². The number of aromatic nitrogens is 1. The van der Waals surface area contributed by atoms with Crippen LogP contribution in [0.1, 0.15) is 47.1 Å². The zero-order valence-electron chi connectivity index (χ0n) is 22.5. The van der Waals surface area contributed by atoms with E-state index in [2.05, 4.69) is 60.7 Å². The van der Waals surface area contributed by atoms with Crippen molar-refractivity contribution in [3.05, 3.63) is 119 Å². The molecule has 1 aromatic heterocycles. The van der Waals surface area contributed by atoms with Crippen LogP contribution in [0.25, 0.3) is 0 Å². The van der Waals surface area contributed by atoms with Crippen molar-refractivity contribution in [3.8, 4) is 0 Å². The first kappa shape index (κ1) is 28.2. The zero-order valence-corrected chi connectivity index (χ0v) is 24.3. The van der Waals surface area contributed by atoms with Crippen molar-refractivity contribution in [1.29, 1.82) is 0 Å². The van der Waals surface area contributed by atoms with Crippen LogP contribution in [0.2, 0.25) is 10.2 Å². The third kappa shape index (κ3) is 5.96. The van der Waals surface area contributed by atoms with Gasteiger partial charge in [-0.25, -0.2) is 4.98 Å². The van der Waals surface area contributed by atoms with E-state index in [1.54, 1.807) is 12.1 Å². The highest BCUT2D eigenvalue weighted by atomic mass is 35.5. The summed E-state index contributed by atoms with van der Waals surface area (Å²) in [6, 6.07) is 29.5. The third-order valence-electron chi connectivity index (χ3n) is 6.71. The molecule has 8 heteroatoms.